The van der Waals surface area contributed by atoms with Gasteiger partial charge in [-0.25, -0.2) is 0 Å². The highest BCUT2D eigenvalue weighted by molar-refractivity contribution is 5.98. The molecule has 5 nitrogen and oxygen atoms in total. The van der Waals surface area contributed by atoms with Crippen molar-refractivity contribution in [2.45, 2.75) is 26.8 Å². The Morgan fingerprint density at radius 1 is 1.36 bits per heavy atom. The second-order valence-electron chi connectivity index (χ2n) is 6.04. The Morgan fingerprint density at radius 2 is 2.00 bits per heavy atom. The average molecular weight is 303 g/mol. The molecule has 1 aromatic carbocycles. The summed E-state index contributed by atoms with van der Waals surface area (Å²) in [7, 11) is 2.01. The van der Waals surface area contributed by atoms with E-state index >= 15 is 0 Å². The molecule has 1 heterocycles. The molecule has 1 aromatic rings. The summed E-state index contributed by atoms with van der Waals surface area (Å²) in [5.74, 6) is -0.0362. The van der Waals surface area contributed by atoms with Crippen molar-refractivity contribution in [3.8, 4) is 0 Å². The Hall–Kier alpha value is -2.04. The van der Waals surface area contributed by atoms with E-state index in [1.54, 1.807) is 4.90 Å². The van der Waals surface area contributed by atoms with E-state index in [0.29, 0.717) is 18.7 Å². The van der Waals surface area contributed by atoms with Crippen LogP contribution in [0.2, 0.25) is 0 Å². The van der Waals surface area contributed by atoms with Gasteiger partial charge in [0.1, 0.15) is 6.04 Å². The topological polar surface area (TPSA) is 52.7 Å². The van der Waals surface area contributed by atoms with E-state index in [1.165, 1.54) is 0 Å². The van der Waals surface area contributed by atoms with Crippen LogP contribution in [0.15, 0.2) is 24.3 Å². The van der Waals surface area contributed by atoms with Crippen LogP contribution in [0.3, 0.4) is 0 Å². The van der Waals surface area contributed by atoms with Crippen LogP contribution in [-0.4, -0.2) is 49.4 Å². The van der Waals surface area contributed by atoms with Gasteiger partial charge < -0.3 is 15.1 Å². The third-order valence-electron chi connectivity index (χ3n) is 4.18. The second-order valence-corrected chi connectivity index (χ2v) is 6.04. The first kappa shape index (κ1) is 16.3. The number of anilines is 1. The summed E-state index contributed by atoms with van der Waals surface area (Å²) in [6.45, 7) is 8.01. The zero-order chi connectivity index (χ0) is 16.3. The normalized spacial score (nSPS) is 18.3. The molecule has 1 atom stereocenters. The molecule has 0 saturated carbocycles. The monoisotopic (exact) mass is 303 g/mol. The highest BCUT2D eigenvalue weighted by Crippen LogP contribution is 2.19. The molecular weight excluding hydrogens is 278 g/mol. The van der Waals surface area contributed by atoms with Gasteiger partial charge in [0.15, 0.2) is 0 Å². The van der Waals surface area contributed by atoms with Crippen LogP contribution in [0.5, 0.6) is 0 Å². The largest absolute Gasteiger partial charge is 0.375 e. The van der Waals surface area contributed by atoms with Gasteiger partial charge in [0.2, 0.25) is 5.91 Å². The molecule has 0 radical (unpaired) electrons. The van der Waals surface area contributed by atoms with Crippen molar-refractivity contribution in [1.82, 2.24) is 10.2 Å². The lowest BCUT2D eigenvalue weighted by Crippen LogP contribution is -2.59. The first-order valence-corrected chi connectivity index (χ1v) is 7.85. The first-order chi connectivity index (χ1) is 10.5. The summed E-state index contributed by atoms with van der Waals surface area (Å²) in [5.41, 5.74) is 1.71. The molecule has 0 spiro atoms. The number of piperazine rings is 1. The molecule has 1 fully saturated rings. The second kappa shape index (κ2) is 6.81. The van der Waals surface area contributed by atoms with E-state index < -0.39 is 0 Å². The molecule has 2 rings (SSSR count). The van der Waals surface area contributed by atoms with Crippen molar-refractivity contribution in [3.63, 3.8) is 0 Å². The molecule has 120 valence electrons. The lowest BCUT2D eigenvalue weighted by Gasteiger charge is -2.37. The highest BCUT2D eigenvalue weighted by atomic mass is 16.2. The van der Waals surface area contributed by atoms with Crippen LogP contribution < -0.4 is 10.2 Å². The van der Waals surface area contributed by atoms with Crippen LogP contribution >= 0.6 is 0 Å². The molecule has 1 N–H and O–H groups in total. The Kier molecular flexibility index (Phi) is 5.06. The molecule has 0 bridgehead atoms. The van der Waals surface area contributed by atoms with Gasteiger partial charge in [-0.2, -0.15) is 0 Å². The van der Waals surface area contributed by atoms with E-state index in [-0.39, 0.29) is 23.8 Å². The van der Waals surface area contributed by atoms with Gasteiger partial charge in [0.05, 0.1) is 0 Å². The maximum atomic E-state index is 12.7. The smallest absolute Gasteiger partial charge is 0.254 e. The van der Waals surface area contributed by atoms with E-state index in [9.17, 15) is 9.59 Å². The van der Waals surface area contributed by atoms with E-state index in [4.69, 9.17) is 0 Å². The third-order valence-corrected chi connectivity index (χ3v) is 4.18. The van der Waals surface area contributed by atoms with Crippen LogP contribution in [0.4, 0.5) is 5.69 Å². The standard InChI is InChI=1S/C17H25N3O2/c1-5-19(4)14-8-6-13(7-9-14)17(22)20-11-10-18-16(21)15(20)12(2)3/h6-9,12,15H,5,10-11H2,1-4H3,(H,18,21). The highest BCUT2D eigenvalue weighted by Gasteiger charge is 2.35. The van der Waals surface area contributed by atoms with Gasteiger partial charge in [0, 0.05) is 37.9 Å². The quantitative estimate of drug-likeness (QED) is 0.922. The zero-order valence-electron chi connectivity index (χ0n) is 13.8. The predicted molar refractivity (Wildman–Crippen MR) is 88.1 cm³/mol. The summed E-state index contributed by atoms with van der Waals surface area (Å²) >= 11 is 0. The Labute approximate surface area is 132 Å². The zero-order valence-corrected chi connectivity index (χ0v) is 13.8. The molecule has 5 heteroatoms. The molecule has 0 aromatic heterocycles. The van der Waals surface area contributed by atoms with Gasteiger partial charge in [-0.1, -0.05) is 13.8 Å². The van der Waals surface area contributed by atoms with E-state index in [0.717, 1.165) is 12.2 Å². The van der Waals surface area contributed by atoms with Crippen molar-refractivity contribution < 1.29 is 9.59 Å². The Morgan fingerprint density at radius 3 is 2.55 bits per heavy atom. The number of nitrogens with zero attached hydrogens (tertiary/aromatic N) is 2. The fourth-order valence-electron chi connectivity index (χ4n) is 2.78. The van der Waals surface area contributed by atoms with Crippen molar-refractivity contribution in [3.05, 3.63) is 29.8 Å². The minimum absolute atomic E-state index is 0.0584. The fraction of sp³-hybridized carbons (Fsp3) is 0.529. The predicted octanol–water partition coefficient (Wildman–Crippen LogP) is 1.74. The SMILES string of the molecule is CCN(C)c1ccc(C(=O)N2CCNC(=O)C2C(C)C)cc1. The summed E-state index contributed by atoms with van der Waals surface area (Å²) in [6.07, 6.45) is 0. The Balaban J connectivity index is 2.20. The van der Waals surface area contributed by atoms with Gasteiger partial charge in [-0.3, -0.25) is 9.59 Å². The van der Waals surface area contributed by atoms with Crippen LogP contribution in [0, 0.1) is 5.92 Å². The Bertz CT molecular complexity index is 539. The number of amides is 2. The van der Waals surface area contributed by atoms with Crippen molar-refractivity contribution in [2.24, 2.45) is 5.92 Å². The number of carbonyl (C=O) groups excluding carboxylic acids is 2. The van der Waals surface area contributed by atoms with Crippen LogP contribution in [-0.2, 0) is 4.79 Å². The average Bonchev–Trinajstić information content (AvgIpc) is 2.53. The molecule has 1 saturated heterocycles. The first-order valence-electron chi connectivity index (χ1n) is 7.85. The maximum absolute atomic E-state index is 12.7. The number of rotatable bonds is 4. The number of hydrogen-bond acceptors (Lipinski definition) is 3. The van der Waals surface area contributed by atoms with Gasteiger partial charge in [0.25, 0.3) is 5.91 Å². The molecule has 1 unspecified atom stereocenters. The summed E-state index contributed by atoms with van der Waals surface area (Å²) < 4.78 is 0. The van der Waals surface area contributed by atoms with Crippen molar-refractivity contribution in [1.29, 1.82) is 0 Å². The molecule has 2 amide bonds. The number of nitrogens with one attached hydrogen (secondary N) is 1. The number of hydrogen-bond donors (Lipinski definition) is 1. The molecule has 1 aliphatic rings. The lowest BCUT2D eigenvalue weighted by molar-refractivity contribution is -0.129. The third kappa shape index (κ3) is 3.24. The minimum atomic E-state index is -0.390. The summed E-state index contributed by atoms with van der Waals surface area (Å²) in [5, 5.41) is 2.84. The lowest BCUT2D eigenvalue weighted by atomic mass is 9.98. The minimum Gasteiger partial charge on any atom is -0.375 e. The van der Waals surface area contributed by atoms with Crippen LogP contribution in [0.25, 0.3) is 0 Å². The fourth-order valence-corrected chi connectivity index (χ4v) is 2.78. The van der Waals surface area contributed by atoms with E-state index in [1.807, 2.05) is 45.2 Å². The van der Waals surface area contributed by atoms with E-state index in [2.05, 4.69) is 17.1 Å². The van der Waals surface area contributed by atoms with Crippen LogP contribution in [0.1, 0.15) is 31.1 Å². The molecular formula is C17H25N3O2. The van der Waals surface area contributed by atoms with Gasteiger partial charge in [-0.15, -0.1) is 0 Å². The summed E-state index contributed by atoms with van der Waals surface area (Å²) in [6, 6.07) is 7.19. The maximum Gasteiger partial charge on any atom is 0.254 e. The van der Waals surface area contributed by atoms with Gasteiger partial charge >= 0.3 is 0 Å². The number of benzene rings is 1. The number of carbonyl (C=O) groups is 2. The summed E-state index contributed by atoms with van der Waals surface area (Å²) in [4.78, 5) is 28.6. The molecule has 0 aliphatic carbocycles. The van der Waals surface area contributed by atoms with Crippen molar-refractivity contribution in [2.75, 3.05) is 31.6 Å². The molecule has 22 heavy (non-hydrogen) atoms. The van der Waals surface area contributed by atoms with Gasteiger partial charge in [-0.05, 0) is 37.1 Å². The van der Waals surface area contributed by atoms with Crippen molar-refractivity contribution >= 4 is 17.5 Å². The molecule has 1 aliphatic heterocycles.